The summed E-state index contributed by atoms with van der Waals surface area (Å²) in [5.41, 5.74) is 2.95. The molecule has 2 aromatic carbocycles. The molecular formula is C22H31FIN3O3S. The van der Waals surface area contributed by atoms with Gasteiger partial charge in [0.2, 0.25) is 5.75 Å². The predicted molar refractivity (Wildman–Crippen MR) is 137 cm³/mol. The second-order valence-corrected chi connectivity index (χ2v) is 7.29. The van der Waals surface area contributed by atoms with Crippen molar-refractivity contribution >= 4 is 41.7 Å². The van der Waals surface area contributed by atoms with Gasteiger partial charge in [-0.15, -0.1) is 24.0 Å². The van der Waals surface area contributed by atoms with Gasteiger partial charge in [0.15, 0.2) is 17.5 Å². The molecule has 0 bridgehead atoms. The topological polar surface area (TPSA) is 64.1 Å². The van der Waals surface area contributed by atoms with Gasteiger partial charge in [0.25, 0.3) is 0 Å². The highest BCUT2D eigenvalue weighted by molar-refractivity contribution is 14.0. The quantitative estimate of drug-likeness (QED) is 0.251. The summed E-state index contributed by atoms with van der Waals surface area (Å²) in [6.07, 6.45) is 2.01. The number of ether oxygens (including phenoxy) is 3. The molecule has 0 radical (unpaired) electrons. The first-order valence-corrected chi connectivity index (χ1v) is 11.0. The molecule has 0 saturated heterocycles. The number of benzene rings is 2. The van der Waals surface area contributed by atoms with Gasteiger partial charge >= 0.3 is 0 Å². The SMILES string of the molecule is CCNC(=NCc1cc(OC)c(OC)c(OC)c1)NCc1ccc(F)cc1CSC.I. The van der Waals surface area contributed by atoms with Crippen LogP contribution in [0.1, 0.15) is 23.6 Å². The van der Waals surface area contributed by atoms with E-state index in [4.69, 9.17) is 14.2 Å². The Morgan fingerprint density at radius 3 is 2.23 bits per heavy atom. The molecule has 2 N–H and O–H groups in total. The van der Waals surface area contributed by atoms with Crippen molar-refractivity contribution in [3.8, 4) is 17.2 Å². The van der Waals surface area contributed by atoms with E-state index in [9.17, 15) is 4.39 Å². The van der Waals surface area contributed by atoms with Crippen LogP contribution in [0.25, 0.3) is 0 Å². The molecule has 0 unspecified atom stereocenters. The Balaban J connectivity index is 0.00000480. The van der Waals surface area contributed by atoms with Gasteiger partial charge in [-0.05, 0) is 54.1 Å². The smallest absolute Gasteiger partial charge is 0.203 e. The largest absolute Gasteiger partial charge is 0.493 e. The molecule has 0 fully saturated rings. The van der Waals surface area contributed by atoms with Crippen molar-refractivity contribution in [2.45, 2.75) is 25.8 Å². The number of aliphatic imine (C=N–C) groups is 1. The summed E-state index contributed by atoms with van der Waals surface area (Å²) in [5.74, 6) is 2.95. The minimum atomic E-state index is -0.217. The van der Waals surface area contributed by atoms with Gasteiger partial charge in [0.1, 0.15) is 5.82 Å². The van der Waals surface area contributed by atoms with Crippen molar-refractivity contribution in [3.63, 3.8) is 0 Å². The number of hydrogen-bond donors (Lipinski definition) is 2. The summed E-state index contributed by atoms with van der Waals surface area (Å²) in [6.45, 7) is 3.71. The number of halogens is 2. The van der Waals surface area contributed by atoms with E-state index in [0.29, 0.717) is 36.3 Å². The summed E-state index contributed by atoms with van der Waals surface area (Å²) in [6, 6.07) is 8.65. The molecule has 0 heterocycles. The monoisotopic (exact) mass is 563 g/mol. The summed E-state index contributed by atoms with van der Waals surface area (Å²) >= 11 is 1.67. The first-order valence-electron chi connectivity index (χ1n) is 9.63. The Morgan fingerprint density at radius 1 is 1.00 bits per heavy atom. The molecule has 2 aromatic rings. The fourth-order valence-electron chi connectivity index (χ4n) is 2.97. The van der Waals surface area contributed by atoms with Crippen LogP contribution in [0.5, 0.6) is 17.2 Å². The van der Waals surface area contributed by atoms with Crippen LogP contribution in [-0.2, 0) is 18.8 Å². The zero-order valence-corrected chi connectivity index (χ0v) is 21.7. The van der Waals surface area contributed by atoms with E-state index in [-0.39, 0.29) is 29.8 Å². The number of guanidine groups is 1. The molecular weight excluding hydrogens is 532 g/mol. The van der Waals surface area contributed by atoms with Gasteiger partial charge in [-0.2, -0.15) is 11.8 Å². The lowest BCUT2D eigenvalue weighted by molar-refractivity contribution is 0.324. The minimum absolute atomic E-state index is 0. The maximum atomic E-state index is 13.6. The maximum absolute atomic E-state index is 13.6. The molecule has 0 saturated carbocycles. The number of thioether (sulfide) groups is 1. The van der Waals surface area contributed by atoms with Crippen LogP contribution < -0.4 is 24.8 Å². The lowest BCUT2D eigenvalue weighted by Gasteiger charge is -2.15. The third kappa shape index (κ3) is 7.95. The van der Waals surface area contributed by atoms with Crippen molar-refractivity contribution in [1.82, 2.24) is 10.6 Å². The fourth-order valence-corrected chi connectivity index (χ4v) is 3.55. The third-order valence-electron chi connectivity index (χ3n) is 4.40. The Labute approximate surface area is 205 Å². The molecule has 0 aromatic heterocycles. The molecule has 172 valence electrons. The number of hydrogen-bond acceptors (Lipinski definition) is 5. The molecule has 0 atom stereocenters. The second-order valence-electron chi connectivity index (χ2n) is 6.43. The van der Waals surface area contributed by atoms with Crippen molar-refractivity contribution in [1.29, 1.82) is 0 Å². The maximum Gasteiger partial charge on any atom is 0.203 e. The first-order chi connectivity index (χ1) is 14.6. The standard InChI is InChI=1S/C22H30FN3O3S.HI/c1-6-24-22(26-13-16-7-8-18(23)11-17(16)14-30-5)25-12-15-9-19(27-2)21(29-4)20(10-15)28-3;/h7-11H,6,12-14H2,1-5H3,(H2,24,25,26);1H. The van der Waals surface area contributed by atoms with Gasteiger partial charge in [-0.1, -0.05) is 6.07 Å². The van der Waals surface area contributed by atoms with E-state index in [1.807, 2.05) is 31.4 Å². The van der Waals surface area contributed by atoms with Gasteiger partial charge in [-0.25, -0.2) is 9.38 Å². The molecule has 0 aliphatic rings. The van der Waals surface area contributed by atoms with Crippen LogP contribution in [0, 0.1) is 5.82 Å². The number of rotatable bonds is 10. The van der Waals surface area contributed by atoms with E-state index in [1.54, 1.807) is 39.2 Å². The number of nitrogens with one attached hydrogen (secondary N) is 2. The fraction of sp³-hybridized carbons (Fsp3) is 0.409. The predicted octanol–water partition coefficient (Wildman–Crippen LogP) is 4.59. The summed E-state index contributed by atoms with van der Waals surface area (Å²) in [5, 5.41) is 6.56. The van der Waals surface area contributed by atoms with E-state index in [1.165, 1.54) is 6.07 Å². The molecule has 9 heteroatoms. The zero-order valence-electron chi connectivity index (χ0n) is 18.6. The third-order valence-corrected chi connectivity index (χ3v) is 5.00. The average molecular weight is 563 g/mol. The van der Waals surface area contributed by atoms with E-state index in [2.05, 4.69) is 15.6 Å². The van der Waals surface area contributed by atoms with Gasteiger partial charge in [-0.3, -0.25) is 0 Å². The zero-order chi connectivity index (χ0) is 21.9. The molecule has 0 aliphatic heterocycles. The molecule has 6 nitrogen and oxygen atoms in total. The lowest BCUT2D eigenvalue weighted by Crippen LogP contribution is -2.37. The Kier molecular flexibility index (Phi) is 12.5. The molecule has 0 spiro atoms. The lowest BCUT2D eigenvalue weighted by atomic mass is 10.1. The highest BCUT2D eigenvalue weighted by Crippen LogP contribution is 2.38. The van der Waals surface area contributed by atoms with Crippen LogP contribution in [0.3, 0.4) is 0 Å². The van der Waals surface area contributed by atoms with Gasteiger partial charge in [0.05, 0.1) is 27.9 Å². The van der Waals surface area contributed by atoms with Gasteiger partial charge in [0, 0.05) is 18.8 Å². The van der Waals surface area contributed by atoms with Crippen molar-refractivity contribution < 1.29 is 18.6 Å². The molecule has 31 heavy (non-hydrogen) atoms. The highest BCUT2D eigenvalue weighted by Gasteiger charge is 2.13. The Bertz CT molecular complexity index is 843. The summed E-state index contributed by atoms with van der Waals surface area (Å²) in [4.78, 5) is 4.66. The molecule has 0 aliphatic carbocycles. The van der Waals surface area contributed by atoms with Crippen LogP contribution in [0.2, 0.25) is 0 Å². The van der Waals surface area contributed by atoms with E-state index in [0.717, 1.165) is 29.0 Å². The summed E-state index contributed by atoms with van der Waals surface area (Å²) < 4.78 is 29.8. The van der Waals surface area contributed by atoms with E-state index < -0.39 is 0 Å². The van der Waals surface area contributed by atoms with Crippen molar-refractivity contribution in [2.24, 2.45) is 4.99 Å². The summed E-state index contributed by atoms with van der Waals surface area (Å²) in [7, 11) is 4.75. The molecule has 2 rings (SSSR count). The van der Waals surface area contributed by atoms with E-state index >= 15 is 0 Å². The number of nitrogens with zero attached hydrogens (tertiary/aromatic N) is 1. The minimum Gasteiger partial charge on any atom is -0.493 e. The second kappa shape index (κ2) is 14.2. The van der Waals surface area contributed by atoms with Crippen LogP contribution in [0.15, 0.2) is 35.3 Å². The van der Waals surface area contributed by atoms with Gasteiger partial charge < -0.3 is 24.8 Å². The normalized spacial score (nSPS) is 10.8. The van der Waals surface area contributed by atoms with Crippen LogP contribution >= 0.6 is 35.7 Å². The van der Waals surface area contributed by atoms with Crippen molar-refractivity contribution in [2.75, 3.05) is 34.1 Å². The average Bonchev–Trinajstić information content (AvgIpc) is 2.76. The first kappa shape index (κ1) is 27.2. The van der Waals surface area contributed by atoms with Crippen molar-refractivity contribution in [3.05, 3.63) is 52.8 Å². The Morgan fingerprint density at radius 2 is 1.68 bits per heavy atom. The van der Waals surface area contributed by atoms with Crippen LogP contribution in [-0.4, -0.2) is 40.1 Å². The molecule has 0 amide bonds. The Hall–Kier alpha value is -1.88. The van der Waals surface area contributed by atoms with Crippen LogP contribution in [0.4, 0.5) is 4.39 Å². The number of methoxy groups -OCH3 is 3. The highest BCUT2D eigenvalue weighted by atomic mass is 127.